The van der Waals surface area contributed by atoms with Gasteiger partial charge in [0.05, 0.1) is 18.5 Å². The molecule has 0 aliphatic rings. The molecule has 0 unspecified atom stereocenters. The lowest BCUT2D eigenvalue weighted by molar-refractivity contribution is 0.417. The number of fused-ring (bicyclic) bond motifs is 1. The van der Waals surface area contributed by atoms with Crippen molar-refractivity contribution in [3.05, 3.63) is 30.5 Å². The number of nitrogens with two attached hydrogens (primary N) is 1. The van der Waals surface area contributed by atoms with Crippen molar-refractivity contribution >= 4 is 16.7 Å². The second kappa shape index (κ2) is 4.26. The van der Waals surface area contributed by atoms with Gasteiger partial charge >= 0.3 is 0 Å². The second-order valence-corrected chi connectivity index (χ2v) is 3.68. The van der Waals surface area contributed by atoms with E-state index >= 15 is 0 Å². The SMILES string of the molecule is COc1cccc2ccn(CCC(=N)N)c12. The average Bonchev–Trinajstić information content (AvgIpc) is 2.69. The number of nitrogens with one attached hydrogen (secondary N) is 1. The number of ether oxygens (including phenoxy) is 1. The van der Waals surface area contributed by atoms with Gasteiger partial charge in [0, 0.05) is 24.5 Å². The van der Waals surface area contributed by atoms with E-state index in [1.54, 1.807) is 7.11 Å². The first-order valence-electron chi connectivity index (χ1n) is 5.17. The van der Waals surface area contributed by atoms with Crippen LogP contribution in [0.2, 0.25) is 0 Å². The normalized spacial score (nSPS) is 10.6. The highest BCUT2D eigenvalue weighted by molar-refractivity contribution is 5.86. The van der Waals surface area contributed by atoms with Gasteiger partial charge in [0.2, 0.25) is 0 Å². The standard InChI is InChI=1S/C12H15N3O/c1-16-10-4-2-3-9-5-7-15(12(9)10)8-6-11(13)14/h2-5,7H,6,8H2,1H3,(H3,13,14). The summed E-state index contributed by atoms with van der Waals surface area (Å²) in [6.45, 7) is 0.708. The molecule has 0 aliphatic heterocycles. The molecular weight excluding hydrogens is 202 g/mol. The van der Waals surface area contributed by atoms with Crippen LogP contribution in [0, 0.1) is 5.41 Å². The Bertz CT molecular complexity index is 516. The predicted octanol–water partition coefficient (Wildman–Crippen LogP) is 1.98. The average molecular weight is 217 g/mol. The molecule has 0 fully saturated rings. The van der Waals surface area contributed by atoms with E-state index in [1.807, 2.05) is 30.5 Å². The van der Waals surface area contributed by atoms with Crippen LogP contribution in [0.25, 0.3) is 10.9 Å². The first-order chi connectivity index (χ1) is 7.72. The number of benzene rings is 1. The van der Waals surface area contributed by atoms with Gasteiger partial charge in [-0.25, -0.2) is 0 Å². The maximum absolute atomic E-state index is 7.24. The third-order valence-electron chi connectivity index (χ3n) is 2.59. The zero-order chi connectivity index (χ0) is 11.5. The van der Waals surface area contributed by atoms with Crippen LogP contribution in [0.15, 0.2) is 30.5 Å². The molecule has 1 aromatic heterocycles. The van der Waals surface area contributed by atoms with Crippen molar-refractivity contribution in [3.8, 4) is 5.75 Å². The van der Waals surface area contributed by atoms with Gasteiger partial charge in [0.25, 0.3) is 0 Å². The molecule has 0 radical (unpaired) electrons. The number of para-hydroxylation sites is 1. The molecule has 16 heavy (non-hydrogen) atoms. The Morgan fingerprint density at radius 3 is 2.94 bits per heavy atom. The lowest BCUT2D eigenvalue weighted by atomic mass is 10.2. The number of methoxy groups -OCH3 is 1. The van der Waals surface area contributed by atoms with Crippen molar-refractivity contribution < 1.29 is 4.74 Å². The van der Waals surface area contributed by atoms with Gasteiger partial charge in [-0.2, -0.15) is 0 Å². The van der Waals surface area contributed by atoms with E-state index < -0.39 is 0 Å². The minimum Gasteiger partial charge on any atom is -0.495 e. The van der Waals surface area contributed by atoms with Crippen molar-refractivity contribution in [2.24, 2.45) is 5.73 Å². The lowest BCUT2D eigenvalue weighted by Crippen LogP contribution is -2.12. The highest BCUT2D eigenvalue weighted by atomic mass is 16.5. The molecule has 2 rings (SSSR count). The topological polar surface area (TPSA) is 64.0 Å². The second-order valence-electron chi connectivity index (χ2n) is 3.68. The maximum Gasteiger partial charge on any atom is 0.143 e. The minimum absolute atomic E-state index is 0.205. The van der Waals surface area contributed by atoms with Gasteiger partial charge < -0.3 is 15.0 Å². The van der Waals surface area contributed by atoms with E-state index in [-0.39, 0.29) is 5.84 Å². The van der Waals surface area contributed by atoms with Gasteiger partial charge in [0.15, 0.2) is 0 Å². The number of aryl methyl sites for hydroxylation is 1. The molecule has 2 aromatic rings. The molecule has 3 N–H and O–H groups in total. The molecule has 0 saturated heterocycles. The van der Waals surface area contributed by atoms with Crippen LogP contribution in [-0.4, -0.2) is 17.5 Å². The molecule has 0 bridgehead atoms. The summed E-state index contributed by atoms with van der Waals surface area (Å²) in [7, 11) is 1.66. The molecule has 0 atom stereocenters. The third-order valence-corrected chi connectivity index (χ3v) is 2.59. The van der Waals surface area contributed by atoms with Gasteiger partial charge in [-0.3, -0.25) is 5.41 Å². The van der Waals surface area contributed by atoms with Crippen LogP contribution < -0.4 is 10.5 Å². The first-order valence-corrected chi connectivity index (χ1v) is 5.17. The summed E-state index contributed by atoms with van der Waals surface area (Å²) in [5.41, 5.74) is 6.42. The predicted molar refractivity (Wildman–Crippen MR) is 65.0 cm³/mol. The lowest BCUT2D eigenvalue weighted by Gasteiger charge is -2.08. The summed E-state index contributed by atoms with van der Waals surface area (Å²) < 4.78 is 7.39. The minimum atomic E-state index is 0.205. The molecule has 0 amide bonds. The highest BCUT2D eigenvalue weighted by Gasteiger charge is 2.06. The van der Waals surface area contributed by atoms with E-state index in [1.165, 1.54) is 0 Å². The number of hydrogen-bond donors (Lipinski definition) is 2. The molecule has 0 aliphatic carbocycles. The molecule has 4 heteroatoms. The largest absolute Gasteiger partial charge is 0.495 e. The van der Waals surface area contributed by atoms with Crippen molar-refractivity contribution in [3.63, 3.8) is 0 Å². The fourth-order valence-corrected chi connectivity index (χ4v) is 1.82. The van der Waals surface area contributed by atoms with E-state index in [4.69, 9.17) is 15.9 Å². The maximum atomic E-state index is 7.24. The smallest absolute Gasteiger partial charge is 0.143 e. The van der Waals surface area contributed by atoms with Gasteiger partial charge in [-0.15, -0.1) is 0 Å². The van der Waals surface area contributed by atoms with Crippen LogP contribution in [0.4, 0.5) is 0 Å². The van der Waals surface area contributed by atoms with Gasteiger partial charge in [-0.05, 0) is 12.1 Å². The quantitative estimate of drug-likeness (QED) is 0.607. The zero-order valence-electron chi connectivity index (χ0n) is 9.23. The molecule has 4 nitrogen and oxygen atoms in total. The monoisotopic (exact) mass is 217 g/mol. The first kappa shape index (κ1) is 10.5. The summed E-state index contributed by atoms with van der Waals surface area (Å²) in [5, 5.41) is 8.38. The number of hydrogen-bond acceptors (Lipinski definition) is 2. The van der Waals surface area contributed by atoms with Crippen molar-refractivity contribution in [1.29, 1.82) is 5.41 Å². The molecule has 0 saturated carbocycles. The zero-order valence-corrected chi connectivity index (χ0v) is 9.23. The number of nitrogens with zero attached hydrogens (tertiary/aromatic N) is 1. The molecule has 1 aromatic carbocycles. The van der Waals surface area contributed by atoms with E-state index in [9.17, 15) is 0 Å². The van der Waals surface area contributed by atoms with Crippen molar-refractivity contribution in [1.82, 2.24) is 4.57 Å². The third kappa shape index (κ3) is 1.86. The fourth-order valence-electron chi connectivity index (χ4n) is 1.82. The van der Waals surface area contributed by atoms with Gasteiger partial charge in [-0.1, -0.05) is 12.1 Å². The van der Waals surface area contributed by atoms with Crippen molar-refractivity contribution in [2.75, 3.05) is 7.11 Å². The Labute approximate surface area is 94.1 Å². The van der Waals surface area contributed by atoms with Crippen LogP contribution in [0.1, 0.15) is 6.42 Å². The number of amidine groups is 1. The summed E-state index contributed by atoms with van der Waals surface area (Å²) in [4.78, 5) is 0. The Kier molecular flexibility index (Phi) is 2.81. The molecule has 1 heterocycles. The van der Waals surface area contributed by atoms with E-state index in [2.05, 4.69) is 4.57 Å². The highest BCUT2D eigenvalue weighted by Crippen LogP contribution is 2.26. The van der Waals surface area contributed by atoms with Crippen LogP contribution in [-0.2, 0) is 6.54 Å². The van der Waals surface area contributed by atoms with Crippen LogP contribution >= 0.6 is 0 Å². The Hall–Kier alpha value is -1.97. The Morgan fingerprint density at radius 1 is 1.44 bits per heavy atom. The summed E-state index contributed by atoms with van der Waals surface area (Å²) in [5.74, 6) is 1.06. The van der Waals surface area contributed by atoms with Crippen LogP contribution in [0.3, 0.4) is 0 Å². The Balaban J connectivity index is 2.41. The summed E-state index contributed by atoms with van der Waals surface area (Å²) in [6, 6.07) is 7.99. The van der Waals surface area contributed by atoms with E-state index in [0.717, 1.165) is 16.7 Å². The number of aromatic nitrogens is 1. The summed E-state index contributed by atoms with van der Waals surface area (Å²) >= 11 is 0. The molecular formula is C12H15N3O. The Morgan fingerprint density at radius 2 is 2.25 bits per heavy atom. The van der Waals surface area contributed by atoms with E-state index in [0.29, 0.717) is 13.0 Å². The summed E-state index contributed by atoms with van der Waals surface area (Å²) in [6.07, 6.45) is 2.55. The fraction of sp³-hybridized carbons (Fsp3) is 0.250. The van der Waals surface area contributed by atoms with Gasteiger partial charge in [0.1, 0.15) is 5.75 Å². The molecule has 84 valence electrons. The number of rotatable bonds is 4. The van der Waals surface area contributed by atoms with Crippen LogP contribution in [0.5, 0.6) is 5.75 Å². The molecule has 0 spiro atoms. The van der Waals surface area contributed by atoms with Crippen molar-refractivity contribution in [2.45, 2.75) is 13.0 Å².